The molecule has 1 aliphatic heterocycles. The summed E-state index contributed by atoms with van der Waals surface area (Å²) in [6.45, 7) is 6.88. The third-order valence-corrected chi connectivity index (χ3v) is 5.11. The van der Waals surface area contributed by atoms with Gasteiger partial charge < -0.3 is 9.80 Å². The van der Waals surface area contributed by atoms with E-state index >= 15 is 0 Å². The number of aryl methyl sites for hydroxylation is 2. The lowest BCUT2D eigenvalue weighted by Gasteiger charge is -2.35. The maximum absolute atomic E-state index is 12.9. The van der Waals surface area contributed by atoms with Crippen molar-refractivity contribution in [2.45, 2.75) is 13.8 Å². The van der Waals surface area contributed by atoms with Gasteiger partial charge in [0.2, 0.25) is 0 Å². The largest absolute Gasteiger partial charge is 0.352 e. The van der Waals surface area contributed by atoms with Gasteiger partial charge >= 0.3 is 0 Å². The molecule has 0 aliphatic carbocycles. The van der Waals surface area contributed by atoms with Crippen LogP contribution in [0, 0.1) is 13.8 Å². The summed E-state index contributed by atoms with van der Waals surface area (Å²) in [5.74, 6) is 0.935. The van der Waals surface area contributed by atoms with Crippen molar-refractivity contribution in [2.75, 3.05) is 31.1 Å². The van der Waals surface area contributed by atoms with E-state index in [1.54, 1.807) is 18.6 Å². The fourth-order valence-corrected chi connectivity index (χ4v) is 3.56. The number of rotatable bonds is 3. The number of aromatic nitrogens is 3. The van der Waals surface area contributed by atoms with E-state index in [0.29, 0.717) is 13.1 Å². The molecular formula is C22H23N5O. The topological polar surface area (TPSA) is 62.2 Å². The molecule has 1 amide bonds. The number of carbonyl (C=O) groups is 1. The minimum atomic E-state index is 0.0732. The maximum Gasteiger partial charge on any atom is 0.253 e. The summed E-state index contributed by atoms with van der Waals surface area (Å²) in [4.78, 5) is 29.9. The molecular weight excluding hydrogens is 350 g/mol. The summed E-state index contributed by atoms with van der Waals surface area (Å²) in [6, 6.07) is 11.9. The van der Waals surface area contributed by atoms with Crippen LogP contribution in [-0.2, 0) is 0 Å². The van der Waals surface area contributed by atoms with Gasteiger partial charge in [-0.05, 0) is 37.6 Å². The van der Waals surface area contributed by atoms with Crippen LogP contribution in [0.2, 0.25) is 0 Å². The van der Waals surface area contributed by atoms with Crippen molar-refractivity contribution in [1.82, 2.24) is 19.9 Å². The van der Waals surface area contributed by atoms with Gasteiger partial charge in [0.05, 0.1) is 6.20 Å². The highest BCUT2D eigenvalue weighted by atomic mass is 16.2. The number of carbonyl (C=O) groups excluding carboxylic acids is 1. The molecule has 0 atom stereocenters. The van der Waals surface area contributed by atoms with E-state index in [0.717, 1.165) is 47.0 Å². The van der Waals surface area contributed by atoms with Gasteiger partial charge in [-0.15, -0.1) is 0 Å². The third kappa shape index (κ3) is 3.71. The molecule has 142 valence electrons. The average Bonchev–Trinajstić information content (AvgIpc) is 2.74. The van der Waals surface area contributed by atoms with Crippen LogP contribution in [-0.4, -0.2) is 51.9 Å². The minimum absolute atomic E-state index is 0.0732. The Kier molecular flexibility index (Phi) is 5.02. The lowest BCUT2D eigenvalue weighted by Crippen LogP contribution is -2.49. The average molecular weight is 373 g/mol. The van der Waals surface area contributed by atoms with Gasteiger partial charge in [0.25, 0.3) is 5.91 Å². The van der Waals surface area contributed by atoms with Gasteiger partial charge in [-0.25, -0.2) is 4.98 Å². The first-order valence-corrected chi connectivity index (χ1v) is 9.47. The summed E-state index contributed by atoms with van der Waals surface area (Å²) in [6.07, 6.45) is 5.12. The van der Waals surface area contributed by atoms with Crippen LogP contribution in [0.5, 0.6) is 0 Å². The Morgan fingerprint density at radius 3 is 2.32 bits per heavy atom. The molecule has 4 rings (SSSR count). The minimum Gasteiger partial charge on any atom is -0.352 e. The molecule has 1 aromatic carbocycles. The van der Waals surface area contributed by atoms with Crippen LogP contribution in [0.1, 0.15) is 21.7 Å². The molecule has 0 N–H and O–H groups in total. The Labute approximate surface area is 164 Å². The summed E-state index contributed by atoms with van der Waals surface area (Å²) in [7, 11) is 0. The van der Waals surface area contributed by atoms with Crippen LogP contribution >= 0.6 is 0 Å². The first-order chi connectivity index (χ1) is 13.6. The molecule has 0 bridgehead atoms. The molecule has 0 spiro atoms. The lowest BCUT2D eigenvalue weighted by atomic mass is 10.0. The second-order valence-electron chi connectivity index (χ2n) is 7.01. The van der Waals surface area contributed by atoms with E-state index in [2.05, 4.69) is 25.9 Å². The van der Waals surface area contributed by atoms with Gasteiger partial charge in [0.15, 0.2) is 0 Å². The number of nitrogens with zero attached hydrogens (tertiary/aromatic N) is 5. The Morgan fingerprint density at radius 1 is 0.929 bits per heavy atom. The molecule has 0 saturated carbocycles. The molecule has 3 aromatic rings. The first-order valence-electron chi connectivity index (χ1n) is 9.47. The Morgan fingerprint density at radius 2 is 1.68 bits per heavy atom. The smallest absolute Gasteiger partial charge is 0.253 e. The summed E-state index contributed by atoms with van der Waals surface area (Å²) in [5.41, 5.74) is 4.90. The van der Waals surface area contributed by atoms with Gasteiger partial charge in [-0.3, -0.25) is 14.8 Å². The molecule has 3 heterocycles. The van der Waals surface area contributed by atoms with E-state index in [-0.39, 0.29) is 5.91 Å². The van der Waals surface area contributed by atoms with Crippen molar-refractivity contribution < 1.29 is 4.79 Å². The van der Waals surface area contributed by atoms with E-state index in [1.807, 2.05) is 49.1 Å². The van der Waals surface area contributed by atoms with Crippen LogP contribution < -0.4 is 4.90 Å². The van der Waals surface area contributed by atoms with Gasteiger partial charge in [-0.2, -0.15) is 0 Å². The van der Waals surface area contributed by atoms with E-state index in [9.17, 15) is 4.79 Å². The summed E-state index contributed by atoms with van der Waals surface area (Å²) < 4.78 is 0. The number of hydrogen-bond acceptors (Lipinski definition) is 5. The Balaban J connectivity index is 1.43. The molecule has 28 heavy (non-hydrogen) atoms. The Bertz CT molecular complexity index is 964. The fourth-order valence-electron chi connectivity index (χ4n) is 3.56. The Hall–Kier alpha value is -3.28. The quantitative estimate of drug-likeness (QED) is 0.706. The number of hydrogen-bond donors (Lipinski definition) is 0. The zero-order chi connectivity index (χ0) is 19.5. The van der Waals surface area contributed by atoms with Crippen molar-refractivity contribution in [2.24, 2.45) is 0 Å². The number of pyridine rings is 1. The molecule has 0 unspecified atom stereocenters. The van der Waals surface area contributed by atoms with Crippen LogP contribution in [0.25, 0.3) is 11.1 Å². The molecule has 6 heteroatoms. The molecule has 0 radical (unpaired) electrons. The standard InChI is InChI=1S/C22H23N5O/c1-16-3-8-20(17(2)25-16)18-4-6-19(7-5-18)22(28)27-13-11-26(12-14-27)21-15-23-9-10-24-21/h3-10,15H,11-14H2,1-2H3. The van der Waals surface area contributed by atoms with E-state index < -0.39 is 0 Å². The van der Waals surface area contributed by atoms with Crippen molar-refractivity contribution in [1.29, 1.82) is 0 Å². The number of anilines is 1. The van der Waals surface area contributed by atoms with Gasteiger partial charge in [0, 0.05) is 61.1 Å². The highest BCUT2D eigenvalue weighted by molar-refractivity contribution is 5.95. The van der Waals surface area contributed by atoms with Crippen molar-refractivity contribution >= 4 is 11.7 Å². The lowest BCUT2D eigenvalue weighted by molar-refractivity contribution is 0.0746. The van der Waals surface area contributed by atoms with E-state index in [1.165, 1.54) is 0 Å². The first kappa shape index (κ1) is 18.1. The number of piperazine rings is 1. The second-order valence-corrected chi connectivity index (χ2v) is 7.01. The number of benzene rings is 1. The maximum atomic E-state index is 12.9. The van der Waals surface area contributed by atoms with Crippen LogP contribution in [0.3, 0.4) is 0 Å². The zero-order valence-corrected chi connectivity index (χ0v) is 16.2. The predicted octanol–water partition coefficient (Wildman–Crippen LogP) is 3.12. The van der Waals surface area contributed by atoms with Crippen molar-refractivity contribution in [3.63, 3.8) is 0 Å². The fraction of sp³-hybridized carbons (Fsp3) is 0.273. The van der Waals surface area contributed by atoms with Crippen LogP contribution in [0.15, 0.2) is 55.0 Å². The van der Waals surface area contributed by atoms with Gasteiger partial charge in [-0.1, -0.05) is 18.2 Å². The second kappa shape index (κ2) is 7.76. The monoisotopic (exact) mass is 373 g/mol. The van der Waals surface area contributed by atoms with Crippen molar-refractivity contribution in [3.05, 3.63) is 71.9 Å². The van der Waals surface area contributed by atoms with Crippen LogP contribution in [0.4, 0.5) is 5.82 Å². The molecule has 1 aliphatic rings. The highest BCUT2D eigenvalue weighted by Crippen LogP contribution is 2.23. The normalized spacial score (nSPS) is 14.2. The molecule has 2 aromatic heterocycles. The molecule has 1 saturated heterocycles. The highest BCUT2D eigenvalue weighted by Gasteiger charge is 2.23. The van der Waals surface area contributed by atoms with Gasteiger partial charge in [0.1, 0.15) is 5.82 Å². The SMILES string of the molecule is Cc1ccc(-c2ccc(C(=O)N3CCN(c4cnccn4)CC3)cc2)c(C)n1. The zero-order valence-electron chi connectivity index (χ0n) is 16.2. The number of amides is 1. The summed E-state index contributed by atoms with van der Waals surface area (Å²) >= 11 is 0. The van der Waals surface area contributed by atoms with E-state index in [4.69, 9.17) is 0 Å². The predicted molar refractivity (Wildman–Crippen MR) is 109 cm³/mol. The molecule has 6 nitrogen and oxygen atoms in total. The van der Waals surface area contributed by atoms with Crippen molar-refractivity contribution in [3.8, 4) is 11.1 Å². The third-order valence-electron chi connectivity index (χ3n) is 5.11. The molecule has 1 fully saturated rings. The summed E-state index contributed by atoms with van der Waals surface area (Å²) in [5, 5.41) is 0.